The molecule has 5 rings (SSSR count). The first-order valence-corrected chi connectivity index (χ1v) is 10.6. The van der Waals surface area contributed by atoms with Crippen molar-refractivity contribution in [3.63, 3.8) is 0 Å². The van der Waals surface area contributed by atoms with E-state index in [4.69, 9.17) is 9.47 Å². The summed E-state index contributed by atoms with van der Waals surface area (Å²) in [6.07, 6.45) is 4.50. The first kappa shape index (κ1) is 18.5. The molecule has 2 aromatic rings. The summed E-state index contributed by atoms with van der Waals surface area (Å²) in [6.45, 7) is 2.76. The molecule has 5 heteroatoms. The summed E-state index contributed by atoms with van der Waals surface area (Å²) in [4.78, 5) is 15.6. The van der Waals surface area contributed by atoms with Crippen LogP contribution < -0.4 is 9.47 Å². The normalized spacial score (nSPS) is 28.1. The number of hydrogen-bond acceptors (Lipinski definition) is 4. The van der Waals surface area contributed by atoms with Gasteiger partial charge in [0, 0.05) is 18.0 Å². The molecule has 2 aliphatic heterocycles. The predicted octanol–water partition coefficient (Wildman–Crippen LogP) is 4.23. The van der Waals surface area contributed by atoms with E-state index in [-0.39, 0.29) is 24.7 Å². The number of rotatable bonds is 2. The maximum Gasteiger partial charge on any atom is 0.254 e. The number of fused-ring (bicyclic) bond motifs is 2. The lowest BCUT2D eigenvalue weighted by Crippen LogP contribution is -2.56. The van der Waals surface area contributed by atoms with Gasteiger partial charge in [0.1, 0.15) is 0 Å². The van der Waals surface area contributed by atoms with Crippen LogP contribution in [-0.4, -0.2) is 34.9 Å². The molecule has 152 valence electrons. The minimum Gasteiger partial charge on any atom is -0.454 e. The number of piperidine rings is 1. The smallest absolute Gasteiger partial charge is 0.254 e. The average Bonchev–Trinajstić information content (AvgIpc) is 3.20. The van der Waals surface area contributed by atoms with E-state index in [1.165, 1.54) is 0 Å². The van der Waals surface area contributed by atoms with Gasteiger partial charge in [0.25, 0.3) is 5.91 Å². The van der Waals surface area contributed by atoms with Crippen molar-refractivity contribution < 1.29 is 19.4 Å². The largest absolute Gasteiger partial charge is 0.454 e. The zero-order chi connectivity index (χ0) is 20.0. The Kier molecular flexibility index (Phi) is 4.50. The lowest BCUT2D eigenvalue weighted by Gasteiger charge is -2.52. The highest BCUT2D eigenvalue weighted by Crippen LogP contribution is 2.50. The van der Waals surface area contributed by atoms with Crippen LogP contribution in [0, 0.1) is 12.8 Å². The molecule has 1 N–H and O–H groups in total. The monoisotopic (exact) mass is 393 g/mol. The first-order valence-electron chi connectivity index (χ1n) is 10.6. The van der Waals surface area contributed by atoms with Gasteiger partial charge in [-0.05, 0) is 55.5 Å². The van der Waals surface area contributed by atoms with Gasteiger partial charge in [-0.25, -0.2) is 0 Å². The van der Waals surface area contributed by atoms with Crippen molar-refractivity contribution >= 4 is 5.91 Å². The van der Waals surface area contributed by atoms with Crippen molar-refractivity contribution in [1.82, 2.24) is 4.90 Å². The molecule has 2 fully saturated rings. The van der Waals surface area contributed by atoms with Gasteiger partial charge in [-0.15, -0.1) is 0 Å². The number of nitrogens with zero attached hydrogens (tertiary/aromatic N) is 1. The Morgan fingerprint density at radius 1 is 1.10 bits per heavy atom. The molecule has 3 unspecified atom stereocenters. The molecular formula is C24H27NO4. The zero-order valence-electron chi connectivity index (χ0n) is 16.8. The van der Waals surface area contributed by atoms with E-state index in [0.717, 1.165) is 53.9 Å². The molecule has 2 heterocycles. The van der Waals surface area contributed by atoms with Gasteiger partial charge in [-0.3, -0.25) is 4.79 Å². The van der Waals surface area contributed by atoms with Crippen molar-refractivity contribution in [3.8, 4) is 11.5 Å². The zero-order valence-corrected chi connectivity index (χ0v) is 16.8. The second-order valence-corrected chi connectivity index (χ2v) is 8.58. The lowest BCUT2D eigenvalue weighted by atomic mass is 9.66. The summed E-state index contributed by atoms with van der Waals surface area (Å²) in [6, 6.07) is 13.5. The molecule has 29 heavy (non-hydrogen) atoms. The third-order valence-corrected chi connectivity index (χ3v) is 6.94. The van der Waals surface area contributed by atoms with E-state index in [9.17, 15) is 9.90 Å². The van der Waals surface area contributed by atoms with Crippen molar-refractivity contribution in [3.05, 3.63) is 59.2 Å². The first-order chi connectivity index (χ1) is 14.1. The Morgan fingerprint density at radius 3 is 2.79 bits per heavy atom. The Balaban J connectivity index is 1.58. The summed E-state index contributed by atoms with van der Waals surface area (Å²) in [7, 11) is 0. The summed E-state index contributed by atoms with van der Waals surface area (Å²) >= 11 is 0. The standard InChI is InChI=1S/C24H27NO4/c1-16-6-2-3-7-18(16)23(26)25-13-12-24(27)11-5-4-8-19(24)22(25)17-9-10-20-21(14-17)29-15-28-20/h2-3,6-7,9-10,14,19,22,27H,4-5,8,11-13,15H2,1H3. The van der Waals surface area contributed by atoms with Crippen molar-refractivity contribution in [1.29, 1.82) is 0 Å². The van der Waals surface area contributed by atoms with Gasteiger partial charge in [-0.2, -0.15) is 0 Å². The van der Waals surface area contributed by atoms with Crippen LogP contribution in [0.3, 0.4) is 0 Å². The minimum atomic E-state index is -0.707. The van der Waals surface area contributed by atoms with Gasteiger partial charge < -0.3 is 19.5 Å². The summed E-state index contributed by atoms with van der Waals surface area (Å²) in [5, 5.41) is 11.4. The van der Waals surface area contributed by atoms with Crippen molar-refractivity contribution in [2.75, 3.05) is 13.3 Å². The number of amides is 1. The number of hydrogen-bond donors (Lipinski definition) is 1. The van der Waals surface area contributed by atoms with Gasteiger partial charge in [0.15, 0.2) is 11.5 Å². The highest BCUT2D eigenvalue weighted by atomic mass is 16.7. The van der Waals surface area contributed by atoms with Crippen LogP contribution >= 0.6 is 0 Å². The van der Waals surface area contributed by atoms with E-state index in [1.807, 2.05) is 54.3 Å². The molecule has 1 amide bonds. The fourth-order valence-electron chi connectivity index (χ4n) is 5.39. The van der Waals surface area contributed by atoms with Crippen LogP contribution in [-0.2, 0) is 0 Å². The summed E-state index contributed by atoms with van der Waals surface area (Å²) < 4.78 is 11.1. The topological polar surface area (TPSA) is 59.0 Å². The number of aryl methyl sites for hydroxylation is 1. The van der Waals surface area contributed by atoms with Crippen LogP contribution in [0.4, 0.5) is 0 Å². The van der Waals surface area contributed by atoms with E-state index in [2.05, 4.69) is 0 Å². The molecule has 0 bridgehead atoms. The number of benzene rings is 2. The van der Waals surface area contributed by atoms with Crippen LogP contribution in [0.25, 0.3) is 0 Å². The van der Waals surface area contributed by atoms with Gasteiger partial charge >= 0.3 is 0 Å². The molecule has 5 nitrogen and oxygen atoms in total. The third kappa shape index (κ3) is 3.08. The highest BCUT2D eigenvalue weighted by Gasteiger charge is 2.50. The molecule has 1 saturated heterocycles. The van der Waals surface area contributed by atoms with Gasteiger partial charge in [0.05, 0.1) is 11.6 Å². The second kappa shape index (κ2) is 7.06. The number of carbonyl (C=O) groups excluding carboxylic acids is 1. The van der Waals surface area contributed by atoms with E-state index >= 15 is 0 Å². The molecule has 0 aromatic heterocycles. The molecule has 0 radical (unpaired) electrons. The van der Waals surface area contributed by atoms with Crippen LogP contribution in [0.2, 0.25) is 0 Å². The van der Waals surface area contributed by atoms with E-state index in [0.29, 0.717) is 13.0 Å². The Hall–Kier alpha value is -2.53. The van der Waals surface area contributed by atoms with Gasteiger partial charge in [0.2, 0.25) is 6.79 Å². The maximum atomic E-state index is 13.6. The molecule has 1 saturated carbocycles. The molecular weight excluding hydrogens is 366 g/mol. The molecule has 3 aliphatic rings. The Bertz CT molecular complexity index is 942. The van der Waals surface area contributed by atoms with E-state index < -0.39 is 5.60 Å². The number of likely N-dealkylation sites (tertiary alicyclic amines) is 1. The lowest BCUT2D eigenvalue weighted by molar-refractivity contribution is -0.115. The number of aliphatic hydroxyl groups is 1. The molecule has 3 atom stereocenters. The molecule has 1 aliphatic carbocycles. The molecule has 0 spiro atoms. The van der Waals surface area contributed by atoms with Gasteiger partial charge in [-0.1, -0.05) is 37.1 Å². The fraction of sp³-hybridized carbons (Fsp3) is 0.458. The highest BCUT2D eigenvalue weighted by molar-refractivity contribution is 5.96. The average molecular weight is 393 g/mol. The predicted molar refractivity (Wildman–Crippen MR) is 109 cm³/mol. The summed E-state index contributed by atoms with van der Waals surface area (Å²) in [5.41, 5.74) is 2.02. The van der Waals surface area contributed by atoms with E-state index in [1.54, 1.807) is 0 Å². The quantitative estimate of drug-likeness (QED) is 0.829. The number of ether oxygens (including phenoxy) is 2. The number of carbonyl (C=O) groups is 1. The second-order valence-electron chi connectivity index (χ2n) is 8.58. The van der Waals surface area contributed by atoms with Crippen molar-refractivity contribution in [2.45, 2.75) is 50.7 Å². The van der Waals surface area contributed by atoms with Crippen molar-refractivity contribution in [2.24, 2.45) is 5.92 Å². The third-order valence-electron chi connectivity index (χ3n) is 6.94. The minimum absolute atomic E-state index is 0.0262. The SMILES string of the molecule is Cc1ccccc1C(=O)N1CCC2(O)CCCCC2C1c1ccc2c(c1)OCO2. The Labute approximate surface area is 171 Å². The summed E-state index contributed by atoms with van der Waals surface area (Å²) in [5.74, 6) is 1.52. The fourth-order valence-corrected chi connectivity index (χ4v) is 5.39. The van der Waals surface area contributed by atoms with Crippen LogP contribution in [0.1, 0.15) is 59.6 Å². The maximum absolute atomic E-state index is 13.6. The van der Waals surface area contributed by atoms with Crippen LogP contribution in [0.5, 0.6) is 11.5 Å². The van der Waals surface area contributed by atoms with Crippen LogP contribution in [0.15, 0.2) is 42.5 Å². The molecule has 2 aromatic carbocycles. The Morgan fingerprint density at radius 2 is 1.93 bits per heavy atom.